The molecule has 1 saturated heterocycles. The Morgan fingerprint density at radius 1 is 0.905 bits per heavy atom. The summed E-state index contributed by atoms with van der Waals surface area (Å²) in [6.07, 6.45) is 2.27. The van der Waals surface area contributed by atoms with Crippen molar-refractivity contribution in [1.82, 2.24) is 4.90 Å². The first-order valence-electron chi connectivity index (χ1n) is 7.50. The Labute approximate surface area is 125 Å². The third-order valence-corrected chi connectivity index (χ3v) is 3.89. The summed E-state index contributed by atoms with van der Waals surface area (Å²) < 4.78 is 0. The molecule has 0 unspecified atom stereocenters. The second-order valence-electron chi connectivity index (χ2n) is 5.38. The van der Waals surface area contributed by atoms with Gasteiger partial charge in [0.1, 0.15) is 0 Å². The quantitative estimate of drug-likeness (QED) is 0.931. The molecule has 3 nitrogen and oxygen atoms in total. The molecule has 1 fully saturated rings. The molecule has 0 atom stereocenters. The first kappa shape index (κ1) is 13.7. The number of hydrogen-bond donors (Lipinski definition) is 1. The Hall–Kier alpha value is -2.29. The summed E-state index contributed by atoms with van der Waals surface area (Å²) in [5.41, 5.74) is 3.38. The molecule has 1 heterocycles. The summed E-state index contributed by atoms with van der Waals surface area (Å²) in [7, 11) is 0. The van der Waals surface area contributed by atoms with Gasteiger partial charge < -0.3 is 10.2 Å². The molecule has 1 aliphatic rings. The fraction of sp³-hybridized carbons (Fsp3) is 0.278. The molecule has 2 aromatic carbocycles. The van der Waals surface area contributed by atoms with E-state index in [1.54, 1.807) is 0 Å². The minimum atomic E-state index is 0.194. The molecule has 0 aromatic heterocycles. The Morgan fingerprint density at radius 3 is 2.19 bits per heavy atom. The van der Waals surface area contributed by atoms with Gasteiger partial charge in [-0.1, -0.05) is 42.5 Å². The van der Waals surface area contributed by atoms with Crippen LogP contribution in [-0.2, 0) is 4.79 Å². The van der Waals surface area contributed by atoms with E-state index in [9.17, 15) is 4.79 Å². The number of rotatable bonds is 4. The zero-order valence-corrected chi connectivity index (χ0v) is 12.1. The van der Waals surface area contributed by atoms with Gasteiger partial charge in [-0.3, -0.25) is 4.79 Å². The number of likely N-dealkylation sites (tertiary alicyclic amines) is 1. The topological polar surface area (TPSA) is 32.3 Å². The van der Waals surface area contributed by atoms with E-state index in [2.05, 4.69) is 29.6 Å². The highest BCUT2D eigenvalue weighted by atomic mass is 16.2. The highest BCUT2D eigenvalue weighted by Gasteiger charge is 2.17. The number of anilines is 1. The zero-order chi connectivity index (χ0) is 14.5. The Morgan fingerprint density at radius 2 is 1.52 bits per heavy atom. The third-order valence-electron chi connectivity index (χ3n) is 3.89. The van der Waals surface area contributed by atoms with Gasteiger partial charge in [0.2, 0.25) is 5.91 Å². The number of carbonyl (C=O) groups is 1. The van der Waals surface area contributed by atoms with Crippen molar-refractivity contribution in [3.05, 3.63) is 54.6 Å². The molecule has 1 aliphatic heterocycles. The van der Waals surface area contributed by atoms with Gasteiger partial charge in [0.05, 0.1) is 6.54 Å². The van der Waals surface area contributed by atoms with E-state index in [4.69, 9.17) is 0 Å². The normalized spacial score (nSPS) is 14.2. The smallest absolute Gasteiger partial charge is 0.241 e. The summed E-state index contributed by atoms with van der Waals surface area (Å²) in [5.74, 6) is 0.194. The van der Waals surface area contributed by atoms with Crippen LogP contribution in [0.2, 0.25) is 0 Å². The molecule has 108 valence electrons. The van der Waals surface area contributed by atoms with E-state index in [1.807, 2.05) is 35.2 Å². The molecule has 1 amide bonds. The fourth-order valence-electron chi connectivity index (χ4n) is 2.67. The minimum Gasteiger partial charge on any atom is -0.376 e. The van der Waals surface area contributed by atoms with Gasteiger partial charge in [-0.2, -0.15) is 0 Å². The lowest BCUT2D eigenvalue weighted by atomic mass is 10.1. The van der Waals surface area contributed by atoms with Gasteiger partial charge in [-0.25, -0.2) is 0 Å². The van der Waals surface area contributed by atoms with Crippen molar-refractivity contribution >= 4 is 11.6 Å². The lowest BCUT2D eigenvalue weighted by Crippen LogP contribution is -2.32. The van der Waals surface area contributed by atoms with Crippen LogP contribution >= 0.6 is 0 Å². The first-order chi connectivity index (χ1) is 10.3. The van der Waals surface area contributed by atoms with Gasteiger partial charge in [-0.15, -0.1) is 0 Å². The SMILES string of the molecule is O=C(CNc1ccc(-c2ccccc2)cc1)N1CCCC1. The molecular formula is C18H20N2O. The van der Waals surface area contributed by atoms with Crippen LogP contribution in [0.5, 0.6) is 0 Å². The third kappa shape index (κ3) is 3.43. The predicted octanol–water partition coefficient (Wildman–Crippen LogP) is 3.39. The zero-order valence-electron chi connectivity index (χ0n) is 12.1. The lowest BCUT2D eigenvalue weighted by molar-refractivity contribution is -0.128. The number of nitrogens with zero attached hydrogens (tertiary/aromatic N) is 1. The second-order valence-corrected chi connectivity index (χ2v) is 5.38. The van der Waals surface area contributed by atoms with E-state index >= 15 is 0 Å². The molecule has 2 aromatic rings. The first-order valence-corrected chi connectivity index (χ1v) is 7.50. The number of carbonyl (C=O) groups excluding carboxylic acids is 1. The van der Waals surface area contributed by atoms with E-state index in [0.717, 1.165) is 31.6 Å². The minimum absolute atomic E-state index is 0.194. The Kier molecular flexibility index (Phi) is 4.20. The van der Waals surface area contributed by atoms with Crippen molar-refractivity contribution in [2.45, 2.75) is 12.8 Å². The van der Waals surface area contributed by atoms with Crippen LogP contribution in [-0.4, -0.2) is 30.4 Å². The van der Waals surface area contributed by atoms with Crippen LogP contribution in [0, 0.1) is 0 Å². The van der Waals surface area contributed by atoms with Crippen LogP contribution in [0.15, 0.2) is 54.6 Å². The number of benzene rings is 2. The van der Waals surface area contributed by atoms with E-state index in [0.29, 0.717) is 6.54 Å². The molecule has 1 N–H and O–H groups in total. The largest absolute Gasteiger partial charge is 0.376 e. The van der Waals surface area contributed by atoms with Crippen molar-refractivity contribution in [3.8, 4) is 11.1 Å². The molecule has 0 spiro atoms. The average molecular weight is 280 g/mol. The van der Waals surface area contributed by atoms with Crippen molar-refractivity contribution in [2.75, 3.05) is 25.0 Å². The van der Waals surface area contributed by atoms with Gasteiger partial charge in [-0.05, 0) is 36.1 Å². The maximum absolute atomic E-state index is 12.0. The monoisotopic (exact) mass is 280 g/mol. The van der Waals surface area contributed by atoms with Crippen molar-refractivity contribution in [3.63, 3.8) is 0 Å². The van der Waals surface area contributed by atoms with Crippen LogP contribution < -0.4 is 5.32 Å². The molecule has 3 heteroatoms. The van der Waals surface area contributed by atoms with Crippen LogP contribution in [0.1, 0.15) is 12.8 Å². The highest BCUT2D eigenvalue weighted by Crippen LogP contribution is 2.21. The Bertz CT molecular complexity index is 586. The maximum atomic E-state index is 12.0. The van der Waals surface area contributed by atoms with E-state index in [1.165, 1.54) is 11.1 Å². The summed E-state index contributed by atoms with van der Waals surface area (Å²) in [5, 5.41) is 3.21. The molecule has 0 saturated carbocycles. The molecule has 3 rings (SSSR count). The summed E-state index contributed by atoms with van der Waals surface area (Å²) in [4.78, 5) is 13.9. The Balaban J connectivity index is 1.58. The van der Waals surface area contributed by atoms with Crippen LogP contribution in [0.25, 0.3) is 11.1 Å². The average Bonchev–Trinajstić information content (AvgIpc) is 3.08. The van der Waals surface area contributed by atoms with Gasteiger partial charge >= 0.3 is 0 Å². The summed E-state index contributed by atoms with van der Waals surface area (Å²) >= 11 is 0. The van der Waals surface area contributed by atoms with E-state index < -0.39 is 0 Å². The van der Waals surface area contributed by atoms with Crippen LogP contribution in [0.4, 0.5) is 5.69 Å². The van der Waals surface area contributed by atoms with Gasteiger partial charge in [0, 0.05) is 18.8 Å². The molecular weight excluding hydrogens is 260 g/mol. The lowest BCUT2D eigenvalue weighted by Gasteiger charge is -2.16. The summed E-state index contributed by atoms with van der Waals surface area (Å²) in [6.45, 7) is 2.20. The van der Waals surface area contributed by atoms with Crippen molar-refractivity contribution in [2.24, 2.45) is 0 Å². The van der Waals surface area contributed by atoms with Gasteiger partial charge in [0.15, 0.2) is 0 Å². The molecule has 0 bridgehead atoms. The number of hydrogen-bond acceptors (Lipinski definition) is 2. The standard InChI is InChI=1S/C18H20N2O/c21-18(20-12-4-5-13-20)14-19-17-10-8-16(9-11-17)15-6-2-1-3-7-15/h1-3,6-11,19H,4-5,12-14H2. The van der Waals surface area contributed by atoms with Gasteiger partial charge in [0.25, 0.3) is 0 Å². The van der Waals surface area contributed by atoms with Crippen molar-refractivity contribution < 1.29 is 4.79 Å². The van der Waals surface area contributed by atoms with E-state index in [-0.39, 0.29) is 5.91 Å². The van der Waals surface area contributed by atoms with Crippen LogP contribution in [0.3, 0.4) is 0 Å². The van der Waals surface area contributed by atoms with Crippen molar-refractivity contribution in [1.29, 1.82) is 0 Å². The molecule has 0 aliphatic carbocycles. The molecule has 0 radical (unpaired) electrons. The fourth-order valence-corrected chi connectivity index (χ4v) is 2.67. The highest BCUT2D eigenvalue weighted by molar-refractivity contribution is 5.81. The number of nitrogens with one attached hydrogen (secondary N) is 1. The maximum Gasteiger partial charge on any atom is 0.241 e. The second kappa shape index (κ2) is 6.44. The molecule has 21 heavy (non-hydrogen) atoms. The summed E-state index contributed by atoms with van der Waals surface area (Å²) in [6, 6.07) is 18.5. The number of amides is 1. The predicted molar refractivity (Wildman–Crippen MR) is 86.2 cm³/mol.